The number of hydrogen-bond acceptors (Lipinski definition) is 2. The van der Waals surface area contributed by atoms with Crippen molar-refractivity contribution in [1.29, 1.82) is 0 Å². The van der Waals surface area contributed by atoms with Gasteiger partial charge in [0.25, 0.3) is 0 Å². The highest BCUT2D eigenvalue weighted by molar-refractivity contribution is 14.1. The lowest BCUT2D eigenvalue weighted by molar-refractivity contribution is 0.226. The minimum Gasteiger partial charge on any atom is -0.493 e. The van der Waals surface area contributed by atoms with Crippen LogP contribution >= 0.6 is 22.6 Å². The van der Waals surface area contributed by atoms with E-state index >= 15 is 0 Å². The van der Waals surface area contributed by atoms with Gasteiger partial charge in [-0.3, -0.25) is 0 Å². The Hall–Kier alpha value is -0.710. The summed E-state index contributed by atoms with van der Waals surface area (Å²) in [4.78, 5) is 0. The molecule has 1 aromatic carbocycles. The third-order valence-corrected chi connectivity index (χ3v) is 6.16. The van der Waals surface area contributed by atoms with Gasteiger partial charge in [0.2, 0.25) is 0 Å². The molecule has 0 aliphatic heterocycles. The fourth-order valence-electron chi connectivity index (χ4n) is 3.16. The normalized spacial score (nSPS) is 13.2. The average molecular weight is 486 g/mol. The molecule has 2 unspecified atom stereocenters. The largest absolute Gasteiger partial charge is 0.493 e. The molecule has 0 aliphatic carbocycles. The molecule has 0 saturated heterocycles. The van der Waals surface area contributed by atoms with Gasteiger partial charge in [-0.25, -0.2) is 0 Å². The van der Waals surface area contributed by atoms with Crippen molar-refractivity contribution in [3.63, 3.8) is 0 Å². The smallest absolute Gasteiger partial charge is 0.133 e. The zero-order chi connectivity index (χ0) is 20.1. The van der Waals surface area contributed by atoms with Crippen molar-refractivity contribution in [1.82, 2.24) is 0 Å². The Morgan fingerprint density at radius 3 is 1.85 bits per heavy atom. The number of rotatable bonds is 15. The van der Waals surface area contributed by atoms with Gasteiger partial charge in [0.1, 0.15) is 11.5 Å². The molecule has 0 fully saturated rings. The summed E-state index contributed by atoms with van der Waals surface area (Å²) in [5.41, 5.74) is 1.03. The van der Waals surface area contributed by atoms with Crippen LogP contribution in [0.5, 0.6) is 11.5 Å². The summed E-state index contributed by atoms with van der Waals surface area (Å²) in [7, 11) is 0. The summed E-state index contributed by atoms with van der Waals surface area (Å²) >= 11 is 2.36. The number of unbranched alkanes of at least 4 members (excludes halogenated alkanes) is 2. The van der Waals surface area contributed by atoms with E-state index in [1.54, 1.807) is 0 Å². The molecule has 2 nitrogen and oxygen atoms in total. The van der Waals surface area contributed by atoms with Crippen molar-refractivity contribution in [3.8, 4) is 11.5 Å². The van der Waals surface area contributed by atoms with Crippen LogP contribution in [0.1, 0.15) is 84.6 Å². The number of halogens is 1. The first-order valence-electron chi connectivity index (χ1n) is 10.8. The molecule has 0 heterocycles. The van der Waals surface area contributed by atoms with Crippen LogP contribution in [-0.4, -0.2) is 13.2 Å². The minimum atomic E-state index is 0.625. The molecule has 154 valence electrons. The second-order valence-corrected chi connectivity index (χ2v) is 8.64. The first-order valence-corrected chi connectivity index (χ1v) is 11.9. The van der Waals surface area contributed by atoms with Gasteiger partial charge in [-0.05, 0) is 59.4 Å². The molecule has 0 bridgehead atoms. The highest BCUT2D eigenvalue weighted by atomic mass is 127. The van der Waals surface area contributed by atoms with E-state index in [1.807, 2.05) is 6.08 Å². The summed E-state index contributed by atoms with van der Waals surface area (Å²) in [5, 5.41) is 0. The van der Waals surface area contributed by atoms with E-state index in [0.717, 1.165) is 40.3 Å². The molecule has 0 spiro atoms. The van der Waals surface area contributed by atoms with Crippen LogP contribution in [0.4, 0.5) is 0 Å². The van der Waals surface area contributed by atoms with Crippen LogP contribution in [0.15, 0.2) is 18.7 Å². The van der Waals surface area contributed by atoms with Crippen LogP contribution in [0, 0.1) is 15.4 Å². The summed E-state index contributed by atoms with van der Waals surface area (Å²) in [6, 6.07) is 4.19. The van der Waals surface area contributed by atoms with Crippen LogP contribution in [0.3, 0.4) is 0 Å². The lowest BCUT2D eigenvalue weighted by atomic mass is 10.0. The molecule has 0 aromatic heterocycles. The molecule has 0 N–H and O–H groups in total. The Bertz CT molecular complexity index is 541. The maximum Gasteiger partial charge on any atom is 0.133 e. The van der Waals surface area contributed by atoms with E-state index in [2.05, 4.69) is 69.0 Å². The zero-order valence-corrected chi connectivity index (χ0v) is 20.0. The topological polar surface area (TPSA) is 18.5 Å². The fourth-order valence-corrected chi connectivity index (χ4v) is 3.75. The predicted molar refractivity (Wildman–Crippen MR) is 127 cm³/mol. The first kappa shape index (κ1) is 24.3. The third-order valence-electron chi connectivity index (χ3n) is 5.32. The number of hydrogen-bond donors (Lipinski definition) is 0. The van der Waals surface area contributed by atoms with Crippen LogP contribution in [-0.2, 0) is 0 Å². The van der Waals surface area contributed by atoms with Gasteiger partial charge in [-0.15, -0.1) is 0 Å². The van der Waals surface area contributed by atoms with Crippen LogP contribution in [0.25, 0.3) is 6.08 Å². The standard InChI is InChI=1S/C24H39IO2/c1-6-11-13-19(8-3)17-26-23-16-22(25)24(15-21(23)10-5)27-18-20(9-4)14-12-7-2/h10,15-16,19-20H,5-9,11-14,17-18H2,1-4H3. The summed E-state index contributed by atoms with van der Waals surface area (Å²) in [6.45, 7) is 14.5. The summed E-state index contributed by atoms with van der Waals surface area (Å²) in [6.07, 6.45) is 11.7. The number of benzene rings is 1. The highest BCUT2D eigenvalue weighted by Crippen LogP contribution is 2.32. The Kier molecular flexibility index (Phi) is 12.9. The Morgan fingerprint density at radius 2 is 1.41 bits per heavy atom. The van der Waals surface area contributed by atoms with E-state index < -0.39 is 0 Å². The molecular weight excluding hydrogens is 447 g/mol. The molecule has 0 aliphatic rings. The molecule has 2 atom stereocenters. The summed E-state index contributed by atoms with van der Waals surface area (Å²) in [5.74, 6) is 3.13. The molecule has 3 heteroatoms. The van der Waals surface area contributed by atoms with Crippen molar-refractivity contribution >= 4 is 28.7 Å². The van der Waals surface area contributed by atoms with Gasteiger partial charge in [0, 0.05) is 5.56 Å². The lowest BCUT2D eigenvalue weighted by Crippen LogP contribution is -2.13. The van der Waals surface area contributed by atoms with E-state index in [4.69, 9.17) is 9.47 Å². The van der Waals surface area contributed by atoms with Crippen LogP contribution in [0.2, 0.25) is 0 Å². The van der Waals surface area contributed by atoms with E-state index in [0.29, 0.717) is 11.8 Å². The van der Waals surface area contributed by atoms with E-state index in [1.165, 1.54) is 44.9 Å². The van der Waals surface area contributed by atoms with E-state index in [9.17, 15) is 0 Å². The van der Waals surface area contributed by atoms with Crippen molar-refractivity contribution in [3.05, 3.63) is 27.8 Å². The SMILES string of the molecule is C=Cc1cc(OCC(CC)CCCC)c(I)cc1OCC(CC)CCCC. The molecule has 0 amide bonds. The molecule has 1 rings (SSSR count). The molecule has 27 heavy (non-hydrogen) atoms. The van der Waals surface area contributed by atoms with E-state index in [-0.39, 0.29) is 0 Å². The second kappa shape index (κ2) is 14.3. The first-order chi connectivity index (χ1) is 13.1. The summed E-state index contributed by atoms with van der Waals surface area (Å²) < 4.78 is 13.5. The maximum atomic E-state index is 6.18. The average Bonchev–Trinajstić information content (AvgIpc) is 2.69. The maximum absolute atomic E-state index is 6.18. The predicted octanol–water partition coefficient (Wildman–Crippen LogP) is 8.12. The monoisotopic (exact) mass is 486 g/mol. The second-order valence-electron chi connectivity index (χ2n) is 7.48. The van der Waals surface area contributed by atoms with Crippen molar-refractivity contribution in [2.45, 2.75) is 79.1 Å². The van der Waals surface area contributed by atoms with Crippen LogP contribution < -0.4 is 9.47 Å². The van der Waals surface area contributed by atoms with Gasteiger partial charge in [-0.1, -0.05) is 78.9 Å². The lowest BCUT2D eigenvalue weighted by Gasteiger charge is -2.19. The third kappa shape index (κ3) is 8.89. The van der Waals surface area contributed by atoms with Gasteiger partial charge >= 0.3 is 0 Å². The Morgan fingerprint density at radius 1 is 0.889 bits per heavy atom. The van der Waals surface area contributed by atoms with Gasteiger partial charge < -0.3 is 9.47 Å². The van der Waals surface area contributed by atoms with Crippen molar-refractivity contribution in [2.75, 3.05) is 13.2 Å². The quantitative estimate of drug-likeness (QED) is 0.233. The molecule has 0 saturated carbocycles. The molecule has 1 aromatic rings. The fraction of sp³-hybridized carbons (Fsp3) is 0.667. The van der Waals surface area contributed by atoms with Gasteiger partial charge in [0.15, 0.2) is 0 Å². The Labute approximate surface area is 181 Å². The Balaban J connectivity index is 2.75. The zero-order valence-electron chi connectivity index (χ0n) is 17.9. The highest BCUT2D eigenvalue weighted by Gasteiger charge is 2.13. The molecular formula is C24H39IO2. The van der Waals surface area contributed by atoms with Crippen molar-refractivity contribution in [2.24, 2.45) is 11.8 Å². The van der Waals surface area contributed by atoms with Gasteiger partial charge in [-0.2, -0.15) is 0 Å². The number of ether oxygens (including phenoxy) is 2. The minimum absolute atomic E-state index is 0.625. The van der Waals surface area contributed by atoms with Crippen molar-refractivity contribution < 1.29 is 9.47 Å². The molecule has 0 radical (unpaired) electrons. The van der Waals surface area contributed by atoms with Gasteiger partial charge in [0.05, 0.1) is 16.8 Å².